The van der Waals surface area contributed by atoms with Gasteiger partial charge in [0, 0.05) is 0 Å². The molecule has 0 amide bonds. The molecule has 23 aliphatic rings. The van der Waals surface area contributed by atoms with Gasteiger partial charge in [-0.3, -0.25) is 0 Å². The largest absolute Gasteiger partial charge is 0.0649 e. The predicted octanol–water partition coefficient (Wildman–Crippen LogP) is 31.8. The van der Waals surface area contributed by atoms with Crippen LogP contribution >= 0.6 is 0 Å². The molecule has 0 aromatic carbocycles. The highest BCUT2D eigenvalue weighted by Gasteiger charge is 2.68. The summed E-state index contributed by atoms with van der Waals surface area (Å²) in [4.78, 5) is 0. The van der Waals surface area contributed by atoms with Gasteiger partial charge in [0.1, 0.15) is 0 Å². The molecule has 0 saturated heterocycles. The summed E-state index contributed by atoms with van der Waals surface area (Å²) in [6.45, 7) is 47.3. The third-order valence-electron chi connectivity index (χ3n) is 44.2. The molecule has 23 saturated carbocycles. The van der Waals surface area contributed by atoms with Gasteiger partial charge in [0.25, 0.3) is 0 Å². The Kier molecular flexibility index (Phi) is 23.0. The van der Waals surface area contributed by atoms with Crippen molar-refractivity contribution in [3.05, 3.63) is 0 Å². The van der Waals surface area contributed by atoms with E-state index in [-0.39, 0.29) is 0 Å². The molecule has 23 fully saturated rings. The highest BCUT2D eigenvalue weighted by Crippen LogP contribution is 2.76. The zero-order chi connectivity index (χ0) is 74.6. The summed E-state index contributed by atoms with van der Waals surface area (Å²) in [6, 6.07) is 0. The Morgan fingerprint density at radius 2 is 0.717 bits per heavy atom. The van der Waals surface area contributed by atoms with Crippen LogP contribution in [0.5, 0.6) is 0 Å². The lowest BCUT2D eigenvalue weighted by Crippen LogP contribution is -2.41. The minimum atomic E-state index is 0.665. The standard InChI is InChI=1S/C16H26.C15H24.C14H22.C14H26.C12H20.2C12H22.C11H20/c1-9(2)16(3)8-12-7-13(16)15-11-5-4-10(6-11)14(12)15;1-3-15(2)8-11-7-12(15)14-10-5-4-9(6-10)13(11)14;1-14(2)7-10-6-11(14)13-9-4-3-8(5-9)12(10)13;1-11(2)14(3)9-8-12-6-4-5-7-13(12)10-14;1-12(2)7-8-6-11(12)10-5-3-4-9(8)10;1-12(2)9-5-7-10-6-3-4-8-11(10)12;1-12(2)8-7-10-5-3-4-6-11(10)9-12;1-8(2)11(3)7-9-4-5-10(11)6-9/h9-15H,4-8H2,1-3H3;9-14H,3-8H2,1-2H3;8-13H,3-7H2,1-2H3;11-13H,4-10H2,1-3H3;8-11H,3-7H2,1-2H3;2*10-11H,3-9H2,1-2H3;8-10H,4-7H2,1-3H3. The third-order valence-corrected chi connectivity index (χ3v) is 44.2. The lowest BCUT2D eigenvalue weighted by Gasteiger charge is -2.47. The van der Waals surface area contributed by atoms with Crippen molar-refractivity contribution in [1.29, 1.82) is 0 Å². The zero-order valence-electron chi connectivity index (χ0n) is 74.6. The van der Waals surface area contributed by atoms with E-state index in [1.807, 2.05) is 0 Å². The van der Waals surface area contributed by atoms with Crippen LogP contribution in [0.25, 0.3) is 0 Å². The van der Waals surface area contributed by atoms with Crippen LogP contribution in [0, 0.1) is 239 Å². The van der Waals surface area contributed by atoms with Gasteiger partial charge in [-0.2, -0.15) is 0 Å². The van der Waals surface area contributed by atoms with E-state index in [2.05, 4.69) is 132 Å². The Morgan fingerprint density at radius 3 is 1.26 bits per heavy atom. The molecule has 0 aromatic heterocycles. The molecule has 606 valence electrons. The summed E-state index contributed by atoms with van der Waals surface area (Å²) in [6.07, 6.45) is 71.2. The van der Waals surface area contributed by atoms with Gasteiger partial charge >= 0.3 is 0 Å². The van der Waals surface area contributed by atoms with Crippen molar-refractivity contribution >= 4 is 0 Å². The lowest BCUT2D eigenvalue weighted by atomic mass is 9.58. The fourth-order valence-corrected chi connectivity index (χ4v) is 37.9. The van der Waals surface area contributed by atoms with Gasteiger partial charge in [-0.25, -0.2) is 0 Å². The molecule has 0 aromatic rings. The quantitative estimate of drug-likeness (QED) is 0.246. The van der Waals surface area contributed by atoms with E-state index >= 15 is 0 Å². The second-order valence-electron chi connectivity index (χ2n) is 51.4. The van der Waals surface area contributed by atoms with Crippen LogP contribution < -0.4 is 0 Å². The van der Waals surface area contributed by atoms with E-state index in [1.54, 1.807) is 148 Å². The molecule has 16 bridgehead atoms. The lowest BCUT2D eigenvalue weighted by molar-refractivity contribution is 0.0145. The highest BCUT2D eigenvalue weighted by atomic mass is 14.7. The molecule has 23 rings (SSSR count). The topological polar surface area (TPSA) is 0 Å². The van der Waals surface area contributed by atoms with E-state index in [1.165, 1.54) is 219 Å². The number of fused-ring (bicyclic) bond motifs is 37. The van der Waals surface area contributed by atoms with Crippen LogP contribution in [0.1, 0.15) is 427 Å². The average molecular weight is 1460 g/mol. The van der Waals surface area contributed by atoms with Gasteiger partial charge in [0.15, 0.2) is 0 Å². The minimum absolute atomic E-state index is 0.665. The molecule has 0 heterocycles. The van der Waals surface area contributed by atoms with E-state index in [4.69, 9.17) is 0 Å². The SMILES string of the molecule is CC(C)C1(C)CC2CC1C1C3CCC(C3)C21.CC(C)C1(C)CC2CCC1C2.CC(C)C1(C)CCC2CCCCC2C1.CC1(C)CC2CC1C1C3CCC(C3)C21.CC1(C)CC2CC1C1CCCC21.CC1(C)CCC2CCCCC2C1.CC1(C)CCCC2CCCCC21.CCC1(C)CC2CC1C1C3CCC(C3)C21. The van der Waals surface area contributed by atoms with Gasteiger partial charge in [0.05, 0.1) is 0 Å². The van der Waals surface area contributed by atoms with Crippen molar-refractivity contribution in [3.63, 3.8) is 0 Å². The van der Waals surface area contributed by atoms with Gasteiger partial charge in [-0.05, 0) is 431 Å². The molecule has 34 atom stereocenters. The fourth-order valence-electron chi connectivity index (χ4n) is 37.9. The molecule has 0 aliphatic heterocycles. The van der Waals surface area contributed by atoms with E-state index in [0.717, 1.165) is 130 Å². The first-order valence-corrected chi connectivity index (χ1v) is 50.3. The maximum Gasteiger partial charge on any atom is -0.0269 e. The Labute approximate surface area is 661 Å². The van der Waals surface area contributed by atoms with Crippen LogP contribution in [-0.4, -0.2) is 0 Å². The second-order valence-corrected chi connectivity index (χ2v) is 51.4. The summed E-state index contributed by atoms with van der Waals surface area (Å²) in [5, 5.41) is 0. The van der Waals surface area contributed by atoms with E-state index in [0.29, 0.717) is 37.9 Å². The molecule has 0 nitrogen and oxygen atoms in total. The summed E-state index contributed by atoms with van der Waals surface area (Å²) in [7, 11) is 0. The molecule has 106 heavy (non-hydrogen) atoms. The molecule has 0 spiro atoms. The van der Waals surface area contributed by atoms with E-state index in [9.17, 15) is 0 Å². The smallest absolute Gasteiger partial charge is 0.0269 e. The van der Waals surface area contributed by atoms with Crippen LogP contribution in [-0.2, 0) is 0 Å². The van der Waals surface area contributed by atoms with Crippen molar-refractivity contribution in [3.8, 4) is 0 Å². The maximum atomic E-state index is 2.62. The molecular weight excluding hydrogens is 1270 g/mol. The van der Waals surface area contributed by atoms with Crippen LogP contribution in [0.4, 0.5) is 0 Å². The monoisotopic (exact) mass is 1460 g/mol. The number of hydrogen-bond donors (Lipinski definition) is 0. The summed E-state index contributed by atoms with van der Waals surface area (Å²) >= 11 is 0. The average Bonchev–Trinajstić information content (AvgIpc) is 1.54. The Morgan fingerprint density at radius 1 is 0.255 bits per heavy atom. The summed E-state index contributed by atoms with van der Waals surface area (Å²) in [5.74, 6) is 37.0. The van der Waals surface area contributed by atoms with E-state index < -0.39 is 0 Å². The first kappa shape index (κ1) is 79.8. The number of hydrogen-bond acceptors (Lipinski definition) is 0. The van der Waals surface area contributed by atoms with Crippen molar-refractivity contribution in [2.75, 3.05) is 0 Å². The highest BCUT2D eigenvalue weighted by molar-refractivity contribution is 5.17. The predicted molar refractivity (Wildman–Crippen MR) is 455 cm³/mol. The molecule has 34 unspecified atom stereocenters. The minimum Gasteiger partial charge on any atom is -0.0649 e. The fraction of sp³-hybridized carbons (Fsp3) is 1.00. The van der Waals surface area contributed by atoms with Gasteiger partial charge in [0.2, 0.25) is 0 Å². The Balaban J connectivity index is 0.0000000931. The summed E-state index contributed by atoms with van der Waals surface area (Å²) in [5.41, 5.74) is 5.57. The molecule has 0 heteroatoms. The molecule has 23 aliphatic carbocycles. The van der Waals surface area contributed by atoms with Crippen molar-refractivity contribution in [2.45, 2.75) is 427 Å². The van der Waals surface area contributed by atoms with Gasteiger partial charge in [-0.1, -0.05) is 234 Å². The number of rotatable bonds is 4. The van der Waals surface area contributed by atoms with Crippen molar-refractivity contribution in [1.82, 2.24) is 0 Å². The van der Waals surface area contributed by atoms with Gasteiger partial charge in [-0.15, -0.1) is 0 Å². The molecular formula is C106H182. The normalized spacial score (nSPS) is 53.0. The second kappa shape index (κ2) is 30.5. The van der Waals surface area contributed by atoms with Crippen molar-refractivity contribution < 1.29 is 0 Å². The molecule has 0 N–H and O–H groups in total. The Bertz CT molecular complexity index is 2900. The van der Waals surface area contributed by atoms with Crippen LogP contribution in [0.15, 0.2) is 0 Å². The first-order chi connectivity index (χ1) is 50.3. The molecule has 0 radical (unpaired) electrons. The summed E-state index contributed by atoms with van der Waals surface area (Å²) < 4.78 is 0. The van der Waals surface area contributed by atoms with Gasteiger partial charge < -0.3 is 0 Å². The van der Waals surface area contributed by atoms with Crippen LogP contribution in [0.3, 0.4) is 0 Å². The first-order valence-electron chi connectivity index (χ1n) is 50.3. The van der Waals surface area contributed by atoms with Crippen LogP contribution in [0.2, 0.25) is 0 Å². The Hall–Kier alpha value is 0. The maximum absolute atomic E-state index is 2.62. The van der Waals surface area contributed by atoms with Crippen molar-refractivity contribution in [2.24, 2.45) is 239 Å². The third kappa shape index (κ3) is 14.7. The zero-order valence-corrected chi connectivity index (χ0v) is 74.6.